The molecule has 0 spiro atoms. The number of allylic oxidation sites excluding steroid dienone is 1. The third-order valence-corrected chi connectivity index (χ3v) is 2.19. The number of rotatable bonds is 2. The van der Waals surface area contributed by atoms with Crippen molar-refractivity contribution >= 4 is 15.9 Å². The molecule has 0 aliphatic rings. The Bertz CT molecular complexity index is 324. The molecule has 1 atom stereocenters. The Balaban J connectivity index is 2.94. The normalized spacial score (nSPS) is 12.7. The number of hydrogen-bond donors (Lipinski definition) is 1. The molecular formula is C10H14BrNO. The second-order valence-corrected chi connectivity index (χ2v) is 4.11. The van der Waals surface area contributed by atoms with Crippen LogP contribution in [0.2, 0.25) is 0 Å². The fourth-order valence-electron chi connectivity index (χ4n) is 1.24. The molecular weight excluding hydrogens is 230 g/mol. The second-order valence-electron chi connectivity index (χ2n) is 3.33. The van der Waals surface area contributed by atoms with Crippen molar-refractivity contribution in [3.63, 3.8) is 0 Å². The van der Waals surface area contributed by atoms with E-state index >= 15 is 0 Å². The lowest BCUT2D eigenvalue weighted by molar-refractivity contribution is 0.505. The summed E-state index contributed by atoms with van der Waals surface area (Å²) in [6.45, 7) is 5.98. The molecule has 0 aliphatic heterocycles. The first-order valence-corrected chi connectivity index (χ1v) is 4.96. The van der Waals surface area contributed by atoms with Crippen LogP contribution < -0.4 is 5.73 Å². The predicted molar refractivity (Wildman–Crippen MR) is 57.5 cm³/mol. The quantitative estimate of drug-likeness (QED) is 0.810. The summed E-state index contributed by atoms with van der Waals surface area (Å²) >= 11 is 3.27. The van der Waals surface area contributed by atoms with Gasteiger partial charge in [0.15, 0.2) is 4.67 Å². The van der Waals surface area contributed by atoms with E-state index in [9.17, 15) is 0 Å². The number of halogens is 1. The van der Waals surface area contributed by atoms with Crippen molar-refractivity contribution in [2.24, 2.45) is 5.73 Å². The average Bonchev–Trinajstić information content (AvgIpc) is 2.28. The van der Waals surface area contributed by atoms with Gasteiger partial charge in [0.05, 0.1) is 6.04 Å². The highest BCUT2D eigenvalue weighted by molar-refractivity contribution is 9.10. The standard InChI is InChI=1S/C10H14BrNO/c1-6(2)4-9(12)8-5-10(11)13-7(8)3/h4-5,9H,12H2,1-3H3. The first-order valence-electron chi connectivity index (χ1n) is 4.17. The summed E-state index contributed by atoms with van der Waals surface area (Å²) in [5.41, 5.74) is 8.20. The minimum Gasteiger partial charge on any atom is -0.454 e. The summed E-state index contributed by atoms with van der Waals surface area (Å²) in [5, 5.41) is 0. The van der Waals surface area contributed by atoms with Crippen LogP contribution in [-0.4, -0.2) is 0 Å². The van der Waals surface area contributed by atoms with Gasteiger partial charge in [-0.25, -0.2) is 0 Å². The molecule has 1 aromatic rings. The van der Waals surface area contributed by atoms with E-state index in [0.29, 0.717) is 0 Å². The highest BCUT2D eigenvalue weighted by atomic mass is 79.9. The molecule has 72 valence electrons. The zero-order valence-corrected chi connectivity index (χ0v) is 9.68. The van der Waals surface area contributed by atoms with Gasteiger partial charge in [-0.2, -0.15) is 0 Å². The molecule has 0 saturated heterocycles. The summed E-state index contributed by atoms with van der Waals surface area (Å²) in [7, 11) is 0. The van der Waals surface area contributed by atoms with Crippen LogP contribution in [0.4, 0.5) is 0 Å². The minimum atomic E-state index is -0.0694. The van der Waals surface area contributed by atoms with Gasteiger partial charge in [-0.05, 0) is 42.8 Å². The molecule has 2 N–H and O–H groups in total. The van der Waals surface area contributed by atoms with E-state index < -0.39 is 0 Å². The van der Waals surface area contributed by atoms with Crippen LogP contribution in [0.5, 0.6) is 0 Å². The van der Waals surface area contributed by atoms with Crippen LogP contribution in [0.25, 0.3) is 0 Å². The second kappa shape index (κ2) is 4.11. The average molecular weight is 244 g/mol. The lowest BCUT2D eigenvalue weighted by Gasteiger charge is -2.04. The molecule has 0 bridgehead atoms. The van der Waals surface area contributed by atoms with Gasteiger partial charge in [0, 0.05) is 5.56 Å². The van der Waals surface area contributed by atoms with Crippen molar-refractivity contribution in [3.8, 4) is 0 Å². The first-order chi connectivity index (χ1) is 6.00. The molecule has 0 radical (unpaired) electrons. The Morgan fingerprint density at radius 2 is 2.23 bits per heavy atom. The van der Waals surface area contributed by atoms with Gasteiger partial charge in [0.1, 0.15) is 5.76 Å². The first kappa shape index (κ1) is 10.5. The molecule has 3 heteroatoms. The molecule has 1 heterocycles. The molecule has 0 fully saturated rings. The maximum absolute atomic E-state index is 5.95. The Hall–Kier alpha value is -0.540. The summed E-state index contributed by atoms with van der Waals surface area (Å²) in [6.07, 6.45) is 2.02. The number of furan rings is 1. The summed E-state index contributed by atoms with van der Waals surface area (Å²) in [5.74, 6) is 0.872. The third kappa shape index (κ3) is 2.71. The van der Waals surface area contributed by atoms with E-state index in [1.807, 2.05) is 32.9 Å². The zero-order valence-electron chi connectivity index (χ0n) is 8.10. The Labute approximate surface area is 86.9 Å². The topological polar surface area (TPSA) is 39.2 Å². The number of nitrogens with two attached hydrogens (primary N) is 1. The maximum Gasteiger partial charge on any atom is 0.169 e. The molecule has 0 saturated carbocycles. The van der Waals surface area contributed by atoms with E-state index in [0.717, 1.165) is 16.0 Å². The number of hydrogen-bond acceptors (Lipinski definition) is 2. The molecule has 0 aromatic carbocycles. The zero-order chi connectivity index (χ0) is 10.0. The van der Waals surface area contributed by atoms with E-state index in [-0.39, 0.29) is 6.04 Å². The molecule has 0 aliphatic carbocycles. The van der Waals surface area contributed by atoms with E-state index in [1.54, 1.807) is 0 Å². The molecule has 13 heavy (non-hydrogen) atoms. The van der Waals surface area contributed by atoms with Crippen LogP contribution in [0.15, 0.2) is 26.8 Å². The maximum atomic E-state index is 5.95. The Morgan fingerprint density at radius 3 is 2.62 bits per heavy atom. The van der Waals surface area contributed by atoms with Crippen LogP contribution in [0, 0.1) is 6.92 Å². The Kier molecular flexibility index (Phi) is 3.33. The van der Waals surface area contributed by atoms with Gasteiger partial charge in [0.25, 0.3) is 0 Å². The van der Waals surface area contributed by atoms with Crippen molar-refractivity contribution in [2.45, 2.75) is 26.8 Å². The van der Waals surface area contributed by atoms with Crippen molar-refractivity contribution in [2.75, 3.05) is 0 Å². The summed E-state index contributed by atoms with van der Waals surface area (Å²) in [6, 6.07) is 1.85. The van der Waals surface area contributed by atoms with Crippen LogP contribution >= 0.6 is 15.9 Å². The van der Waals surface area contributed by atoms with Crippen LogP contribution in [0.3, 0.4) is 0 Å². The fraction of sp³-hybridized carbons (Fsp3) is 0.400. The van der Waals surface area contributed by atoms with Crippen LogP contribution in [0.1, 0.15) is 31.2 Å². The predicted octanol–water partition coefficient (Wildman–Crippen LogP) is 3.32. The SMILES string of the molecule is CC(C)=CC(N)c1cc(Br)oc1C. The summed E-state index contributed by atoms with van der Waals surface area (Å²) < 4.78 is 6.06. The highest BCUT2D eigenvalue weighted by Crippen LogP contribution is 2.25. The van der Waals surface area contributed by atoms with Gasteiger partial charge >= 0.3 is 0 Å². The smallest absolute Gasteiger partial charge is 0.169 e. The van der Waals surface area contributed by atoms with Crippen molar-refractivity contribution in [1.29, 1.82) is 0 Å². The molecule has 1 rings (SSSR count). The van der Waals surface area contributed by atoms with Crippen molar-refractivity contribution < 1.29 is 4.42 Å². The van der Waals surface area contributed by atoms with Crippen molar-refractivity contribution in [1.82, 2.24) is 0 Å². The molecule has 0 amide bonds. The number of aryl methyl sites for hydroxylation is 1. The minimum absolute atomic E-state index is 0.0694. The van der Waals surface area contributed by atoms with E-state index in [4.69, 9.17) is 10.2 Å². The molecule has 1 aromatic heterocycles. The fourth-order valence-corrected chi connectivity index (χ4v) is 1.73. The highest BCUT2D eigenvalue weighted by Gasteiger charge is 2.10. The lowest BCUT2D eigenvalue weighted by Crippen LogP contribution is -2.07. The van der Waals surface area contributed by atoms with Gasteiger partial charge in [0.2, 0.25) is 0 Å². The molecule has 2 nitrogen and oxygen atoms in total. The van der Waals surface area contributed by atoms with Crippen molar-refractivity contribution in [3.05, 3.63) is 33.7 Å². The lowest BCUT2D eigenvalue weighted by atomic mass is 10.1. The van der Waals surface area contributed by atoms with E-state index in [2.05, 4.69) is 15.9 Å². The third-order valence-electron chi connectivity index (χ3n) is 1.80. The Morgan fingerprint density at radius 1 is 1.62 bits per heavy atom. The van der Waals surface area contributed by atoms with Crippen LogP contribution in [-0.2, 0) is 0 Å². The largest absolute Gasteiger partial charge is 0.454 e. The van der Waals surface area contributed by atoms with E-state index in [1.165, 1.54) is 5.57 Å². The summed E-state index contributed by atoms with van der Waals surface area (Å²) in [4.78, 5) is 0. The van der Waals surface area contributed by atoms with Gasteiger partial charge in [-0.1, -0.05) is 11.6 Å². The monoisotopic (exact) mass is 243 g/mol. The van der Waals surface area contributed by atoms with Gasteiger partial charge in [-0.3, -0.25) is 0 Å². The molecule has 1 unspecified atom stereocenters. The van der Waals surface area contributed by atoms with Gasteiger partial charge < -0.3 is 10.2 Å². The van der Waals surface area contributed by atoms with Gasteiger partial charge in [-0.15, -0.1) is 0 Å².